The van der Waals surface area contributed by atoms with Gasteiger partial charge in [0.1, 0.15) is 5.60 Å². The van der Waals surface area contributed by atoms with Gasteiger partial charge in [-0.3, -0.25) is 4.79 Å². The Morgan fingerprint density at radius 2 is 1.84 bits per heavy atom. The van der Waals surface area contributed by atoms with Gasteiger partial charge in [0.15, 0.2) is 5.78 Å². The van der Waals surface area contributed by atoms with Crippen LogP contribution in [0.2, 0.25) is 0 Å². The molecule has 4 aliphatic carbocycles. The predicted octanol–water partition coefficient (Wildman–Crippen LogP) is 8.13. The Kier molecular flexibility index (Phi) is 6.88. The number of rotatable bonds is 7. The first-order valence-corrected chi connectivity index (χ1v) is 14.5. The van der Waals surface area contributed by atoms with Crippen LogP contribution in [0.1, 0.15) is 89.9 Å². The smallest absolute Gasteiger partial charge is 0.338 e. The summed E-state index contributed by atoms with van der Waals surface area (Å²) in [6.45, 7) is 11.5. The molecule has 0 aliphatic heterocycles. The monoisotopic (exact) mass is 500 g/mol. The van der Waals surface area contributed by atoms with E-state index in [-0.39, 0.29) is 17.2 Å². The molecule has 37 heavy (non-hydrogen) atoms. The number of carbonyl (C=O) groups is 2. The Morgan fingerprint density at radius 1 is 1.08 bits per heavy atom. The van der Waals surface area contributed by atoms with E-state index in [1.54, 1.807) is 6.08 Å². The van der Waals surface area contributed by atoms with Gasteiger partial charge in [0, 0.05) is 5.41 Å². The molecule has 2 saturated carbocycles. The minimum absolute atomic E-state index is 0.00112. The van der Waals surface area contributed by atoms with Crippen LogP contribution in [0.15, 0.2) is 66.3 Å². The van der Waals surface area contributed by atoms with Gasteiger partial charge < -0.3 is 4.74 Å². The lowest BCUT2D eigenvalue weighted by atomic mass is 9.49. The lowest BCUT2D eigenvalue weighted by Gasteiger charge is -2.55. The Bertz CT molecular complexity index is 1120. The van der Waals surface area contributed by atoms with Gasteiger partial charge in [0.2, 0.25) is 0 Å². The number of carbonyl (C=O) groups excluding carboxylic acids is 2. The van der Waals surface area contributed by atoms with Crippen LogP contribution in [-0.2, 0) is 9.53 Å². The van der Waals surface area contributed by atoms with Gasteiger partial charge in [0.25, 0.3) is 0 Å². The fraction of sp³-hybridized carbons (Fsp3) is 0.588. The number of hydrogen-bond donors (Lipinski definition) is 0. The molecule has 4 aliphatic rings. The lowest BCUT2D eigenvalue weighted by Crippen LogP contribution is -2.48. The van der Waals surface area contributed by atoms with E-state index in [9.17, 15) is 9.59 Å². The van der Waals surface area contributed by atoms with E-state index < -0.39 is 5.60 Å². The zero-order chi connectivity index (χ0) is 26.4. The van der Waals surface area contributed by atoms with E-state index in [0.717, 1.165) is 24.7 Å². The Labute approximate surface area is 223 Å². The summed E-state index contributed by atoms with van der Waals surface area (Å²) < 4.78 is 5.88. The van der Waals surface area contributed by atoms with E-state index in [0.29, 0.717) is 28.7 Å². The minimum Gasteiger partial charge on any atom is -0.456 e. The van der Waals surface area contributed by atoms with Crippen LogP contribution in [0, 0.1) is 40.4 Å². The number of allylic oxidation sites excluding steroid dienone is 6. The summed E-state index contributed by atoms with van der Waals surface area (Å²) in [5.74, 6) is 3.23. The first-order valence-electron chi connectivity index (χ1n) is 14.5. The quantitative estimate of drug-likeness (QED) is 0.355. The van der Waals surface area contributed by atoms with Crippen molar-refractivity contribution in [3.63, 3.8) is 0 Å². The number of esters is 1. The summed E-state index contributed by atoms with van der Waals surface area (Å²) in [7, 11) is 0. The van der Waals surface area contributed by atoms with Crippen LogP contribution in [-0.4, -0.2) is 17.4 Å². The molecule has 0 aromatic heterocycles. The average molecular weight is 501 g/mol. The highest BCUT2D eigenvalue weighted by molar-refractivity contribution is 6.01. The van der Waals surface area contributed by atoms with E-state index in [2.05, 4.69) is 39.0 Å². The van der Waals surface area contributed by atoms with Crippen molar-refractivity contribution in [2.75, 3.05) is 0 Å². The second-order valence-corrected chi connectivity index (χ2v) is 13.4. The lowest BCUT2D eigenvalue weighted by molar-refractivity contribution is -0.110. The molecule has 0 bridgehead atoms. The van der Waals surface area contributed by atoms with E-state index in [4.69, 9.17) is 4.74 Å². The highest BCUT2D eigenvalue weighted by Gasteiger charge is 2.58. The first kappa shape index (κ1) is 26.2. The summed E-state index contributed by atoms with van der Waals surface area (Å²) in [6.07, 6.45) is 18.9. The normalized spacial score (nSPS) is 35.3. The molecular formula is C34H44O3. The SMILES string of the molecule is C[C@H](CCCC(C)(C)OC(=O)c1ccccc1)[C@H]1CC[C@H]2[C@@H]3C=CC4=CC(=O)C=C[C@]4(C)[C@H]3CC[C@]12C. The second-order valence-electron chi connectivity index (χ2n) is 13.4. The molecule has 0 radical (unpaired) electrons. The van der Waals surface area contributed by atoms with Crippen molar-refractivity contribution in [3.05, 3.63) is 71.8 Å². The highest BCUT2D eigenvalue weighted by Crippen LogP contribution is 2.65. The molecule has 1 aromatic rings. The number of fused-ring (bicyclic) bond motifs is 5. The third-order valence-corrected chi connectivity index (χ3v) is 10.7. The number of ketones is 1. The van der Waals surface area contributed by atoms with Gasteiger partial charge in [-0.1, -0.05) is 63.6 Å². The summed E-state index contributed by atoms with van der Waals surface area (Å²) >= 11 is 0. The molecule has 2 fully saturated rings. The van der Waals surface area contributed by atoms with E-state index in [1.165, 1.54) is 37.7 Å². The molecule has 0 N–H and O–H groups in total. The molecule has 0 unspecified atom stereocenters. The van der Waals surface area contributed by atoms with Crippen LogP contribution in [0.3, 0.4) is 0 Å². The van der Waals surface area contributed by atoms with Crippen LogP contribution in [0.25, 0.3) is 0 Å². The largest absolute Gasteiger partial charge is 0.456 e. The molecule has 5 rings (SSSR count). The molecule has 0 saturated heterocycles. The van der Waals surface area contributed by atoms with Crippen molar-refractivity contribution in [1.82, 2.24) is 0 Å². The molecular weight excluding hydrogens is 456 g/mol. The highest BCUT2D eigenvalue weighted by atomic mass is 16.6. The minimum atomic E-state index is -0.463. The second kappa shape index (κ2) is 9.71. The van der Waals surface area contributed by atoms with Crippen molar-refractivity contribution < 1.29 is 14.3 Å². The summed E-state index contributed by atoms with van der Waals surface area (Å²) in [6, 6.07) is 9.29. The Morgan fingerprint density at radius 3 is 2.59 bits per heavy atom. The van der Waals surface area contributed by atoms with Crippen LogP contribution >= 0.6 is 0 Å². The van der Waals surface area contributed by atoms with Gasteiger partial charge in [-0.2, -0.15) is 0 Å². The number of benzene rings is 1. The standard InChI is InChI=1S/C34H44O3/c1-23(10-9-19-32(2,3)37-31(36)24-11-7-6-8-12-24)28-15-16-29-27-14-13-25-22-26(35)17-20-33(25,4)30(27)18-21-34(28,29)5/h6-8,11-14,17,20,22-23,27-30H,9-10,15-16,18-19,21H2,1-5H3/t23-,27+,28-,29+,30+,33+,34-/m1/s1. The van der Waals surface area contributed by atoms with Crippen molar-refractivity contribution in [3.8, 4) is 0 Å². The third kappa shape index (κ3) is 4.79. The van der Waals surface area contributed by atoms with Gasteiger partial charge >= 0.3 is 5.97 Å². The van der Waals surface area contributed by atoms with E-state index >= 15 is 0 Å². The van der Waals surface area contributed by atoms with Crippen LogP contribution < -0.4 is 0 Å². The van der Waals surface area contributed by atoms with E-state index in [1.807, 2.05) is 50.3 Å². The van der Waals surface area contributed by atoms with Crippen molar-refractivity contribution in [2.24, 2.45) is 40.4 Å². The summed E-state index contributed by atoms with van der Waals surface area (Å²) in [4.78, 5) is 24.6. The van der Waals surface area contributed by atoms with Gasteiger partial charge in [-0.25, -0.2) is 4.79 Å². The maximum Gasteiger partial charge on any atom is 0.338 e. The van der Waals surface area contributed by atoms with Gasteiger partial charge in [0.05, 0.1) is 5.56 Å². The first-order chi connectivity index (χ1) is 17.5. The Balaban J connectivity index is 1.20. The van der Waals surface area contributed by atoms with Gasteiger partial charge in [-0.15, -0.1) is 0 Å². The molecule has 0 amide bonds. The van der Waals surface area contributed by atoms with Gasteiger partial charge in [-0.05, 0) is 117 Å². The summed E-state index contributed by atoms with van der Waals surface area (Å²) in [5.41, 5.74) is 1.75. The average Bonchev–Trinajstić information content (AvgIpc) is 3.22. The predicted molar refractivity (Wildman–Crippen MR) is 149 cm³/mol. The summed E-state index contributed by atoms with van der Waals surface area (Å²) in [5, 5.41) is 0. The Hall–Kier alpha value is -2.42. The molecule has 7 atom stereocenters. The molecule has 3 nitrogen and oxygen atoms in total. The zero-order valence-corrected chi connectivity index (χ0v) is 23.3. The molecule has 1 aromatic carbocycles. The fourth-order valence-electron chi connectivity index (χ4n) is 8.61. The maximum absolute atomic E-state index is 12.6. The fourth-order valence-corrected chi connectivity index (χ4v) is 8.61. The molecule has 0 heterocycles. The number of ether oxygens (including phenoxy) is 1. The number of hydrogen-bond acceptors (Lipinski definition) is 3. The third-order valence-electron chi connectivity index (χ3n) is 10.7. The topological polar surface area (TPSA) is 43.4 Å². The van der Waals surface area contributed by atoms with Crippen LogP contribution in [0.5, 0.6) is 0 Å². The van der Waals surface area contributed by atoms with Crippen LogP contribution in [0.4, 0.5) is 0 Å². The molecule has 198 valence electrons. The molecule has 3 heteroatoms. The zero-order valence-electron chi connectivity index (χ0n) is 23.3. The maximum atomic E-state index is 12.6. The van der Waals surface area contributed by atoms with Crippen molar-refractivity contribution in [1.29, 1.82) is 0 Å². The molecule has 0 spiro atoms. The van der Waals surface area contributed by atoms with Crippen molar-refractivity contribution in [2.45, 2.75) is 85.2 Å². The van der Waals surface area contributed by atoms with Crippen molar-refractivity contribution >= 4 is 11.8 Å².